The molecule has 1 rings (SSSR count). The molecule has 0 aliphatic carbocycles. The molecule has 4 nitrogen and oxygen atoms in total. The van der Waals surface area contributed by atoms with E-state index in [0.29, 0.717) is 6.26 Å². The molecule has 104 valence electrons. The van der Waals surface area contributed by atoms with Crippen LogP contribution >= 0.6 is 0 Å². The largest absolute Gasteiger partial charge is 0.286 e. The highest BCUT2D eigenvalue weighted by Crippen LogP contribution is 2.01. The van der Waals surface area contributed by atoms with E-state index >= 15 is 0 Å². The minimum atomic E-state index is -3.67. The second kappa shape index (κ2) is 9.05. The standard InChI is InChI=1S/C12H20N.CH4O3S/c1-3-5-7-12-8-6-10-13(11-12)9-4-2;1-5(2,3)4/h6,8,10-11H,3-5,7,9H2,1-2H3;1H3,(H,2,3,4)/q+1;. The van der Waals surface area contributed by atoms with Crippen LogP contribution in [0.5, 0.6) is 0 Å². The molecule has 0 saturated carbocycles. The van der Waals surface area contributed by atoms with Gasteiger partial charge in [0.25, 0.3) is 10.1 Å². The second-order valence-corrected chi connectivity index (χ2v) is 5.75. The number of hydrogen-bond acceptors (Lipinski definition) is 2. The normalized spacial score (nSPS) is 10.7. The van der Waals surface area contributed by atoms with E-state index < -0.39 is 10.1 Å². The van der Waals surface area contributed by atoms with Gasteiger partial charge in [-0.25, -0.2) is 4.57 Å². The molecule has 5 heteroatoms. The van der Waals surface area contributed by atoms with Crippen LogP contribution in [-0.4, -0.2) is 19.2 Å². The molecule has 0 aromatic carbocycles. The molecular formula is C13H24NO3S+. The molecule has 0 unspecified atom stereocenters. The Morgan fingerprint density at radius 2 is 1.89 bits per heavy atom. The smallest absolute Gasteiger partial charge is 0.261 e. The lowest BCUT2D eigenvalue weighted by atomic mass is 10.1. The SMILES string of the molecule is CCCCc1ccc[n+](CCC)c1.CS(=O)(=O)O. The summed E-state index contributed by atoms with van der Waals surface area (Å²) in [6.45, 7) is 5.59. The first-order valence-electron chi connectivity index (χ1n) is 6.27. The monoisotopic (exact) mass is 274 g/mol. The van der Waals surface area contributed by atoms with Gasteiger partial charge < -0.3 is 0 Å². The molecule has 18 heavy (non-hydrogen) atoms. The molecule has 0 aliphatic heterocycles. The Balaban J connectivity index is 0.000000494. The number of nitrogens with zero attached hydrogens (tertiary/aromatic N) is 1. The lowest BCUT2D eigenvalue weighted by Gasteiger charge is -1.98. The first-order chi connectivity index (χ1) is 8.36. The van der Waals surface area contributed by atoms with Crippen LogP contribution in [0.15, 0.2) is 24.5 Å². The zero-order valence-corrected chi connectivity index (χ0v) is 12.3. The molecule has 1 N–H and O–H groups in total. The van der Waals surface area contributed by atoms with Crippen molar-refractivity contribution in [2.75, 3.05) is 6.26 Å². The van der Waals surface area contributed by atoms with E-state index in [1.165, 1.54) is 31.2 Å². The summed E-state index contributed by atoms with van der Waals surface area (Å²) in [6.07, 6.45) is 10.2. The van der Waals surface area contributed by atoms with Crippen LogP contribution in [0, 0.1) is 0 Å². The Morgan fingerprint density at radius 1 is 1.28 bits per heavy atom. The van der Waals surface area contributed by atoms with Gasteiger partial charge in [0.15, 0.2) is 12.4 Å². The van der Waals surface area contributed by atoms with Crippen molar-refractivity contribution in [2.45, 2.75) is 46.1 Å². The molecule has 0 aliphatic rings. The highest BCUT2D eigenvalue weighted by atomic mass is 32.2. The summed E-state index contributed by atoms with van der Waals surface area (Å²) in [4.78, 5) is 0. The topological polar surface area (TPSA) is 58.2 Å². The predicted octanol–water partition coefficient (Wildman–Crippen LogP) is 2.23. The van der Waals surface area contributed by atoms with Crippen molar-refractivity contribution >= 4 is 10.1 Å². The van der Waals surface area contributed by atoms with Crippen molar-refractivity contribution in [3.8, 4) is 0 Å². The van der Waals surface area contributed by atoms with Crippen molar-refractivity contribution in [3.63, 3.8) is 0 Å². The molecule has 0 saturated heterocycles. The van der Waals surface area contributed by atoms with Crippen molar-refractivity contribution in [2.24, 2.45) is 0 Å². The summed E-state index contributed by atoms with van der Waals surface area (Å²) in [5.74, 6) is 0. The van der Waals surface area contributed by atoms with Crippen molar-refractivity contribution in [1.29, 1.82) is 0 Å². The maximum atomic E-state index is 9.19. The van der Waals surface area contributed by atoms with E-state index in [9.17, 15) is 8.42 Å². The zero-order chi connectivity index (χ0) is 14.0. The van der Waals surface area contributed by atoms with E-state index in [-0.39, 0.29) is 0 Å². The molecule has 0 bridgehead atoms. The highest BCUT2D eigenvalue weighted by molar-refractivity contribution is 7.85. The summed E-state index contributed by atoms with van der Waals surface area (Å²) in [5, 5.41) is 0. The number of pyridine rings is 1. The van der Waals surface area contributed by atoms with E-state index in [0.717, 1.165) is 6.54 Å². The van der Waals surface area contributed by atoms with Gasteiger partial charge in [-0.15, -0.1) is 0 Å². The van der Waals surface area contributed by atoms with Crippen LogP contribution in [0.3, 0.4) is 0 Å². The number of aryl methyl sites for hydroxylation is 2. The number of aromatic nitrogens is 1. The number of rotatable bonds is 5. The summed E-state index contributed by atoms with van der Waals surface area (Å²) in [5.41, 5.74) is 1.47. The average molecular weight is 274 g/mol. The maximum absolute atomic E-state index is 9.19. The van der Waals surface area contributed by atoms with Crippen molar-refractivity contribution < 1.29 is 17.5 Å². The summed E-state index contributed by atoms with van der Waals surface area (Å²) in [7, 11) is -3.67. The van der Waals surface area contributed by atoms with E-state index in [2.05, 4.69) is 42.9 Å². The lowest BCUT2D eigenvalue weighted by Crippen LogP contribution is -2.32. The first-order valence-corrected chi connectivity index (χ1v) is 8.12. The predicted molar refractivity (Wildman–Crippen MR) is 73.0 cm³/mol. The third-order valence-corrected chi connectivity index (χ3v) is 2.22. The average Bonchev–Trinajstić information content (AvgIpc) is 2.25. The fourth-order valence-corrected chi connectivity index (χ4v) is 1.50. The van der Waals surface area contributed by atoms with Gasteiger partial charge in [-0.05, 0) is 18.9 Å². The van der Waals surface area contributed by atoms with Crippen molar-refractivity contribution in [1.82, 2.24) is 0 Å². The zero-order valence-electron chi connectivity index (χ0n) is 11.5. The molecule has 1 heterocycles. The van der Waals surface area contributed by atoms with Gasteiger partial charge in [0.05, 0.1) is 6.26 Å². The summed E-state index contributed by atoms with van der Waals surface area (Å²) < 4.78 is 28.2. The number of hydrogen-bond donors (Lipinski definition) is 1. The fraction of sp³-hybridized carbons (Fsp3) is 0.615. The fourth-order valence-electron chi connectivity index (χ4n) is 1.50. The Bertz CT molecular complexity index is 422. The molecule has 1 aromatic heterocycles. The maximum Gasteiger partial charge on any atom is 0.261 e. The van der Waals surface area contributed by atoms with Crippen LogP contribution in [-0.2, 0) is 23.1 Å². The second-order valence-electron chi connectivity index (χ2n) is 4.29. The molecule has 0 radical (unpaired) electrons. The third kappa shape index (κ3) is 11.5. The highest BCUT2D eigenvalue weighted by Gasteiger charge is 2.00. The molecule has 0 amide bonds. The van der Waals surface area contributed by atoms with Gasteiger partial charge in [-0.2, -0.15) is 8.42 Å². The van der Waals surface area contributed by atoms with Crippen LogP contribution in [0.1, 0.15) is 38.7 Å². The molecule has 0 spiro atoms. The quantitative estimate of drug-likeness (QED) is 0.661. The van der Waals surface area contributed by atoms with Crippen LogP contribution in [0.25, 0.3) is 0 Å². The van der Waals surface area contributed by atoms with E-state index in [4.69, 9.17) is 4.55 Å². The van der Waals surface area contributed by atoms with Gasteiger partial charge in [0.2, 0.25) is 0 Å². The molecule has 0 atom stereocenters. The molecule has 1 aromatic rings. The minimum absolute atomic E-state index is 0.715. The molecular weight excluding hydrogens is 250 g/mol. The van der Waals surface area contributed by atoms with Crippen molar-refractivity contribution in [3.05, 3.63) is 30.1 Å². The minimum Gasteiger partial charge on any atom is -0.286 e. The van der Waals surface area contributed by atoms with E-state index in [1.54, 1.807) is 0 Å². The van der Waals surface area contributed by atoms with Crippen LogP contribution < -0.4 is 4.57 Å². The Kier molecular flexibility index (Phi) is 8.58. The third-order valence-electron chi connectivity index (χ3n) is 2.22. The van der Waals surface area contributed by atoms with Gasteiger partial charge in [-0.3, -0.25) is 4.55 Å². The Hall–Kier alpha value is -0.940. The van der Waals surface area contributed by atoms with Gasteiger partial charge in [-0.1, -0.05) is 20.3 Å². The van der Waals surface area contributed by atoms with Crippen LogP contribution in [0.4, 0.5) is 0 Å². The van der Waals surface area contributed by atoms with Crippen LogP contribution in [0.2, 0.25) is 0 Å². The number of unbranched alkanes of at least 4 members (excludes halogenated alkanes) is 1. The Labute approximate surface area is 110 Å². The van der Waals surface area contributed by atoms with E-state index in [1.807, 2.05) is 0 Å². The summed E-state index contributed by atoms with van der Waals surface area (Å²) >= 11 is 0. The van der Waals surface area contributed by atoms with Gasteiger partial charge in [0, 0.05) is 18.1 Å². The molecule has 0 fully saturated rings. The van der Waals surface area contributed by atoms with Gasteiger partial charge in [0.1, 0.15) is 6.54 Å². The lowest BCUT2D eigenvalue weighted by molar-refractivity contribution is -0.697. The summed E-state index contributed by atoms with van der Waals surface area (Å²) in [6, 6.07) is 4.38. The van der Waals surface area contributed by atoms with Gasteiger partial charge >= 0.3 is 0 Å². The Morgan fingerprint density at radius 3 is 2.39 bits per heavy atom. The first kappa shape index (κ1) is 17.1.